The van der Waals surface area contributed by atoms with Crippen molar-refractivity contribution >= 4 is 34.8 Å². The van der Waals surface area contributed by atoms with Crippen molar-refractivity contribution in [2.75, 3.05) is 32.1 Å². The second-order valence-electron chi connectivity index (χ2n) is 4.00. The summed E-state index contributed by atoms with van der Waals surface area (Å²) in [4.78, 5) is 11.5. The van der Waals surface area contributed by atoms with Gasteiger partial charge in [-0.05, 0) is 24.6 Å². The molecule has 1 aromatic carbocycles. The standard InChI is InChI=1S/C13H18Cl2N2O2/c1-19-8-2-6-17-13(18)5-7-16-10-3-4-11(14)12(15)9-10/h3-4,9,16H,2,5-8H2,1H3,(H,17,18). The lowest BCUT2D eigenvalue weighted by molar-refractivity contribution is -0.120. The number of rotatable bonds is 8. The Morgan fingerprint density at radius 3 is 2.74 bits per heavy atom. The first-order valence-electron chi connectivity index (χ1n) is 6.08. The van der Waals surface area contributed by atoms with E-state index in [-0.39, 0.29) is 5.91 Å². The molecule has 0 bridgehead atoms. The van der Waals surface area contributed by atoms with E-state index in [4.69, 9.17) is 27.9 Å². The molecule has 6 heteroatoms. The largest absolute Gasteiger partial charge is 0.385 e. The van der Waals surface area contributed by atoms with E-state index < -0.39 is 0 Å². The molecule has 1 aromatic rings. The van der Waals surface area contributed by atoms with Gasteiger partial charge >= 0.3 is 0 Å². The lowest BCUT2D eigenvalue weighted by Crippen LogP contribution is -2.26. The van der Waals surface area contributed by atoms with Crippen LogP contribution in [0, 0.1) is 0 Å². The average molecular weight is 305 g/mol. The maximum atomic E-state index is 11.5. The molecular weight excluding hydrogens is 287 g/mol. The van der Waals surface area contributed by atoms with Crippen LogP contribution in [-0.4, -0.2) is 32.7 Å². The molecule has 0 radical (unpaired) electrons. The van der Waals surface area contributed by atoms with Gasteiger partial charge in [0, 0.05) is 38.9 Å². The number of hydrogen-bond donors (Lipinski definition) is 2. The van der Waals surface area contributed by atoms with Crippen molar-refractivity contribution < 1.29 is 9.53 Å². The van der Waals surface area contributed by atoms with E-state index in [1.165, 1.54) is 0 Å². The third kappa shape index (κ3) is 6.66. The van der Waals surface area contributed by atoms with Gasteiger partial charge in [0.1, 0.15) is 0 Å². The van der Waals surface area contributed by atoms with Crippen LogP contribution in [0.3, 0.4) is 0 Å². The van der Waals surface area contributed by atoms with Crippen LogP contribution in [0.1, 0.15) is 12.8 Å². The zero-order valence-corrected chi connectivity index (χ0v) is 12.4. The van der Waals surface area contributed by atoms with Gasteiger partial charge in [0.25, 0.3) is 0 Å². The van der Waals surface area contributed by atoms with Gasteiger partial charge in [0.05, 0.1) is 10.0 Å². The molecule has 0 aliphatic carbocycles. The number of benzene rings is 1. The maximum absolute atomic E-state index is 11.5. The molecule has 1 amide bonds. The average Bonchev–Trinajstić information content (AvgIpc) is 2.39. The number of halogens is 2. The summed E-state index contributed by atoms with van der Waals surface area (Å²) in [5.41, 5.74) is 0.849. The van der Waals surface area contributed by atoms with Crippen LogP contribution in [0.5, 0.6) is 0 Å². The molecule has 0 spiro atoms. The van der Waals surface area contributed by atoms with Crippen molar-refractivity contribution in [3.05, 3.63) is 28.2 Å². The van der Waals surface area contributed by atoms with Crippen molar-refractivity contribution in [2.24, 2.45) is 0 Å². The van der Waals surface area contributed by atoms with Gasteiger partial charge in [-0.15, -0.1) is 0 Å². The van der Waals surface area contributed by atoms with E-state index in [0.29, 0.717) is 36.2 Å². The Balaban J connectivity index is 2.18. The molecule has 0 atom stereocenters. The number of carbonyl (C=O) groups is 1. The minimum absolute atomic E-state index is 0.0173. The van der Waals surface area contributed by atoms with Crippen molar-refractivity contribution in [3.8, 4) is 0 Å². The number of amides is 1. The molecule has 0 aliphatic heterocycles. The second kappa shape index (κ2) is 9.02. The molecule has 106 valence electrons. The molecule has 0 saturated carbocycles. The fourth-order valence-corrected chi connectivity index (χ4v) is 1.76. The topological polar surface area (TPSA) is 50.4 Å². The van der Waals surface area contributed by atoms with Gasteiger partial charge in [-0.25, -0.2) is 0 Å². The third-order valence-electron chi connectivity index (χ3n) is 2.45. The summed E-state index contributed by atoms with van der Waals surface area (Å²) >= 11 is 11.7. The van der Waals surface area contributed by atoms with Gasteiger partial charge in [-0.2, -0.15) is 0 Å². The fourth-order valence-electron chi connectivity index (χ4n) is 1.46. The minimum atomic E-state index is 0.0173. The summed E-state index contributed by atoms with van der Waals surface area (Å²) in [7, 11) is 1.64. The molecule has 1 rings (SSSR count). The van der Waals surface area contributed by atoms with Crippen LogP contribution in [0.2, 0.25) is 10.0 Å². The molecule has 4 nitrogen and oxygen atoms in total. The Morgan fingerprint density at radius 2 is 2.05 bits per heavy atom. The molecule has 0 unspecified atom stereocenters. The van der Waals surface area contributed by atoms with E-state index in [1.54, 1.807) is 19.2 Å². The molecular formula is C13H18Cl2N2O2. The molecule has 0 aromatic heterocycles. The van der Waals surface area contributed by atoms with E-state index in [9.17, 15) is 4.79 Å². The van der Waals surface area contributed by atoms with Crippen LogP contribution < -0.4 is 10.6 Å². The lowest BCUT2D eigenvalue weighted by Gasteiger charge is -2.08. The highest BCUT2D eigenvalue weighted by atomic mass is 35.5. The highest BCUT2D eigenvalue weighted by Crippen LogP contribution is 2.24. The molecule has 0 fully saturated rings. The van der Waals surface area contributed by atoms with Crippen LogP contribution >= 0.6 is 23.2 Å². The first-order valence-corrected chi connectivity index (χ1v) is 6.83. The zero-order valence-electron chi connectivity index (χ0n) is 10.8. The van der Waals surface area contributed by atoms with Crippen LogP contribution in [0.4, 0.5) is 5.69 Å². The molecule has 0 heterocycles. The molecule has 0 saturated heterocycles. The van der Waals surface area contributed by atoms with Crippen molar-refractivity contribution in [2.45, 2.75) is 12.8 Å². The Kier molecular flexibility index (Phi) is 7.63. The van der Waals surface area contributed by atoms with E-state index in [1.807, 2.05) is 6.07 Å². The van der Waals surface area contributed by atoms with Crippen LogP contribution in [0.25, 0.3) is 0 Å². The van der Waals surface area contributed by atoms with Gasteiger partial charge in [0.15, 0.2) is 0 Å². The molecule has 19 heavy (non-hydrogen) atoms. The Bertz CT molecular complexity index is 414. The Morgan fingerprint density at radius 1 is 1.26 bits per heavy atom. The third-order valence-corrected chi connectivity index (χ3v) is 3.19. The van der Waals surface area contributed by atoms with Gasteiger partial charge in [-0.3, -0.25) is 4.79 Å². The molecule has 0 aliphatic rings. The summed E-state index contributed by atoms with van der Waals surface area (Å²) in [6.45, 7) is 1.84. The van der Waals surface area contributed by atoms with Crippen LogP contribution in [-0.2, 0) is 9.53 Å². The van der Waals surface area contributed by atoms with E-state index in [0.717, 1.165) is 12.1 Å². The summed E-state index contributed by atoms with van der Waals surface area (Å²) in [6.07, 6.45) is 1.23. The van der Waals surface area contributed by atoms with Crippen molar-refractivity contribution in [3.63, 3.8) is 0 Å². The first kappa shape index (κ1) is 16.1. The zero-order chi connectivity index (χ0) is 14.1. The van der Waals surface area contributed by atoms with Gasteiger partial charge < -0.3 is 15.4 Å². The number of anilines is 1. The number of methoxy groups -OCH3 is 1. The van der Waals surface area contributed by atoms with Crippen molar-refractivity contribution in [1.29, 1.82) is 0 Å². The minimum Gasteiger partial charge on any atom is -0.385 e. The predicted molar refractivity (Wildman–Crippen MR) is 79.1 cm³/mol. The van der Waals surface area contributed by atoms with Gasteiger partial charge in [-0.1, -0.05) is 23.2 Å². The summed E-state index contributed by atoms with van der Waals surface area (Å²) in [5, 5.41) is 6.95. The first-order chi connectivity index (χ1) is 9.13. The number of carbonyl (C=O) groups excluding carboxylic acids is 1. The maximum Gasteiger partial charge on any atom is 0.221 e. The van der Waals surface area contributed by atoms with Crippen molar-refractivity contribution in [1.82, 2.24) is 5.32 Å². The number of nitrogens with one attached hydrogen (secondary N) is 2. The normalized spacial score (nSPS) is 10.3. The predicted octanol–water partition coefficient (Wildman–Crippen LogP) is 2.95. The highest BCUT2D eigenvalue weighted by Gasteiger charge is 2.02. The summed E-state index contributed by atoms with van der Waals surface area (Å²) in [6, 6.07) is 5.28. The quantitative estimate of drug-likeness (QED) is 0.726. The number of ether oxygens (including phenoxy) is 1. The number of hydrogen-bond acceptors (Lipinski definition) is 3. The highest BCUT2D eigenvalue weighted by molar-refractivity contribution is 6.42. The SMILES string of the molecule is COCCCNC(=O)CCNc1ccc(Cl)c(Cl)c1. The Hall–Kier alpha value is -0.970. The van der Waals surface area contributed by atoms with E-state index in [2.05, 4.69) is 10.6 Å². The summed E-state index contributed by atoms with van der Waals surface area (Å²) in [5.74, 6) is 0.0173. The monoisotopic (exact) mass is 304 g/mol. The fraction of sp³-hybridized carbons (Fsp3) is 0.462. The summed E-state index contributed by atoms with van der Waals surface area (Å²) < 4.78 is 4.90. The Labute approximate surface area is 123 Å². The lowest BCUT2D eigenvalue weighted by atomic mass is 10.3. The van der Waals surface area contributed by atoms with E-state index >= 15 is 0 Å². The second-order valence-corrected chi connectivity index (χ2v) is 4.82. The smallest absolute Gasteiger partial charge is 0.221 e. The molecule has 2 N–H and O–H groups in total. The van der Waals surface area contributed by atoms with Crippen LogP contribution in [0.15, 0.2) is 18.2 Å². The van der Waals surface area contributed by atoms with Gasteiger partial charge in [0.2, 0.25) is 5.91 Å².